The van der Waals surface area contributed by atoms with Gasteiger partial charge in [0.05, 0.1) is 14.2 Å². The molecular weight excluding hydrogens is 289 g/mol. The van der Waals surface area contributed by atoms with Crippen LogP contribution in [-0.2, 0) is 11.3 Å². The van der Waals surface area contributed by atoms with Gasteiger partial charge in [0.25, 0.3) is 5.91 Å². The number of hydrogen-bond donors (Lipinski definition) is 3. The SMILES string of the molecule is COc1ccc(C[NH+](C)CC(=O)NC(=O)NC(C)C)cc1F. The molecular formula is C15H23FN3O3+. The zero-order chi connectivity index (χ0) is 16.7. The highest BCUT2D eigenvalue weighted by Crippen LogP contribution is 2.16. The Labute approximate surface area is 129 Å². The third-order valence-electron chi connectivity index (χ3n) is 2.86. The van der Waals surface area contributed by atoms with E-state index in [2.05, 4.69) is 10.6 Å². The fraction of sp³-hybridized carbons (Fsp3) is 0.467. The molecule has 0 saturated heterocycles. The number of likely N-dealkylation sites (N-methyl/N-ethyl adjacent to an activating group) is 1. The second kappa shape index (κ2) is 8.33. The molecule has 0 spiro atoms. The molecule has 0 radical (unpaired) electrons. The molecule has 0 heterocycles. The Morgan fingerprint density at radius 1 is 1.36 bits per heavy atom. The monoisotopic (exact) mass is 312 g/mol. The highest BCUT2D eigenvalue weighted by Gasteiger charge is 2.14. The number of methoxy groups -OCH3 is 1. The van der Waals surface area contributed by atoms with Gasteiger partial charge in [-0.1, -0.05) is 0 Å². The van der Waals surface area contributed by atoms with Gasteiger partial charge in [0.15, 0.2) is 18.1 Å². The van der Waals surface area contributed by atoms with Crippen molar-refractivity contribution in [2.24, 2.45) is 0 Å². The molecule has 0 bridgehead atoms. The quantitative estimate of drug-likeness (QED) is 0.697. The molecule has 1 aromatic carbocycles. The second-order valence-corrected chi connectivity index (χ2v) is 5.46. The van der Waals surface area contributed by atoms with Gasteiger partial charge >= 0.3 is 6.03 Å². The van der Waals surface area contributed by atoms with Gasteiger partial charge in [-0.2, -0.15) is 0 Å². The summed E-state index contributed by atoms with van der Waals surface area (Å²) in [5.74, 6) is -0.636. The van der Waals surface area contributed by atoms with Crippen LogP contribution in [0.5, 0.6) is 5.75 Å². The van der Waals surface area contributed by atoms with Crippen molar-refractivity contribution < 1.29 is 23.6 Å². The summed E-state index contributed by atoms with van der Waals surface area (Å²) < 4.78 is 18.4. The lowest BCUT2D eigenvalue weighted by Gasteiger charge is -2.15. The summed E-state index contributed by atoms with van der Waals surface area (Å²) in [6, 6.07) is 4.12. The predicted molar refractivity (Wildman–Crippen MR) is 80.2 cm³/mol. The van der Waals surface area contributed by atoms with Crippen molar-refractivity contribution in [1.82, 2.24) is 10.6 Å². The molecule has 1 atom stereocenters. The van der Waals surface area contributed by atoms with Crippen molar-refractivity contribution in [3.63, 3.8) is 0 Å². The summed E-state index contributed by atoms with van der Waals surface area (Å²) >= 11 is 0. The molecule has 6 nitrogen and oxygen atoms in total. The van der Waals surface area contributed by atoms with E-state index in [0.717, 1.165) is 10.5 Å². The number of imide groups is 1. The first-order valence-electron chi connectivity index (χ1n) is 7.06. The molecule has 1 unspecified atom stereocenters. The number of urea groups is 1. The molecule has 0 aliphatic rings. The smallest absolute Gasteiger partial charge is 0.321 e. The highest BCUT2D eigenvalue weighted by molar-refractivity contribution is 5.94. The van der Waals surface area contributed by atoms with E-state index in [1.165, 1.54) is 13.2 Å². The number of halogens is 1. The fourth-order valence-electron chi connectivity index (χ4n) is 1.97. The average molecular weight is 312 g/mol. The normalized spacial score (nSPS) is 11.9. The standard InChI is InChI=1S/C15H22FN3O3/c1-10(2)17-15(21)18-14(20)9-19(3)8-11-5-6-13(22-4)12(16)7-11/h5-7,10H,8-9H2,1-4H3,(H2,17,18,20,21)/p+1. The van der Waals surface area contributed by atoms with Crippen LogP contribution in [0.15, 0.2) is 18.2 Å². The van der Waals surface area contributed by atoms with Gasteiger partial charge < -0.3 is 15.0 Å². The molecule has 122 valence electrons. The van der Waals surface area contributed by atoms with Gasteiger partial charge in [0.2, 0.25) is 0 Å². The van der Waals surface area contributed by atoms with E-state index >= 15 is 0 Å². The molecule has 7 heteroatoms. The molecule has 0 saturated carbocycles. The number of nitrogens with one attached hydrogen (secondary N) is 3. The third kappa shape index (κ3) is 6.09. The Balaban J connectivity index is 2.48. The van der Waals surface area contributed by atoms with Crippen molar-refractivity contribution in [1.29, 1.82) is 0 Å². The lowest BCUT2D eigenvalue weighted by molar-refractivity contribution is -0.885. The van der Waals surface area contributed by atoms with E-state index in [-0.39, 0.29) is 24.2 Å². The Bertz CT molecular complexity index is 535. The van der Waals surface area contributed by atoms with E-state index in [1.807, 2.05) is 0 Å². The maximum Gasteiger partial charge on any atom is 0.321 e. The largest absolute Gasteiger partial charge is 0.494 e. The summed E-state index contributed by atoms with van der Waals surface area (Å²) in [4.78, 5) is 24.0. The summed E-state index contributed by atoms with van der Waals surface area (Å²) in [6.45, 7) is 4.18. The minimum Gasteiger partial charge on any atom is -0.494 e. The van der Waals surface area contributed by atoms with Crippen LogP contribution >= 0.6 is 0 Å². The Kier molecular flexibility index (Phi) is 6.78. The van der Waals surface area contributed by atoms with Gasteiger partial charge in [-0.05, 0) is 32.0 Å². The minimum atomic E-state index is -0.511. The number of ether oxygens (including phenoxy) is 1. The summed E-state index contributed by atoms with van der Waals surface area (Å²) in [6.07, 6.45) is 0. The molecule has 1 aromatic rings. The Hall–Kier alpha value is -2.15. The van der Waals surface area contributed by atoms with Crippen LogP contribution in [0.4, 0.5) is 9.18 Å². The van der Waals surface area contributed by atoms with Gasteiger partial charge in [0.1, 0.15) is 6.54 Å². The van der Waals surface area contributed by atoms with E-state index in [9.17, 15) is 14.0 Å². The number of amides is 3. The number of rotatable bonds is 6. The number of benzene rings is 1. The van der Waals surface area contributed by atoms with Crippen LogP contribution in [0, 0.1) is 5.82 Å². The van der Waals surface area contributed by atoms with E-state index in [0.29, 0.717) is 6.54 Å². The van der Waals surface area contributed by atoms with Crippen molar-refractivity contribution >= 4 is 11.9 Å². The van der Waals surface area contributed by atoms with Gasteiger partial charge in [0, 0.05) is 11.6 Å². The van der Waals surface area contributed by atoms with Crippen molar-refractivity contribution in [3.05, 3.63) is 29.6 Å². The molecule has 3 N–H and O–H groups in total. The second-order valence-electron chi connectivity index (χ2n) is 5.46. The maximum absolute atomic E-state index is 13.6. The summed E-state index contributed by atoms with van der Waals surface area (Å²) in [7, 11) is 3.20. The summed E-state index contributed by atoms with van der Waals surface area (Å²) in [5.41, 5.74) is 0.746. The first-order valence-corrected chi connectivity index (χ1v) is 7.06. The van der Waals surface area contributed by atoms with Crippen molar-refractivity contribution in [2.75, 3.05) is 20.7 Å². The van der Waals surface area contributed by atoms with Crippen molar-refractivity contribution in [2.45, 2.75) is 26.4 Å². The Morgan fingerprint density at radius 3 is 2.59 bits per heavy atom. The lowest BCUT2D eigenvalue weighted by Crippen LogP contribution is -3.09. The molecule has 0 aromatic heterocycles. The lowest BCUT2D eigenvalue weighted by atomic mass is 10.2. The van der Waals surface area contributed by atoms with Crippen LogP contribution in [0.2, 0.25) is 0 Å². The topological polar surface area (TPSA) is 71.9 Å². The first kappa shape index (κ1) is 17.9. The van der Waals surface area contributed by atoms with Gasteiger partial charge in [-0.15, -0.1) is 0 Å². The zero-order valence-electron chi connectivity index (χ0n) is 13.3. The van der Waals surface area contributed by atoms with Crippen LogP contribution in [-0.4, -0.2) is 38.7 Å². The number of carbonyl (C=O) groups is 2. The molecule has 0 aliphatic heterocycles. The van der Waals surface area contributed by atoms with E-state index in [1.54, 1.807) is 33.0 Å². The maximum atomic E-state index is 13.6. The molecule has 22 heavy (non-hydrogen) atoms. The zero-order valence-corrected chi connectivity index (χ0v) is 13.3. The number of carbonyl (C=O) groups excluding carboxylic acids is 2. The number of quaternary nitrogens is 1. The van der Waals surface area contributed by atoms with Crippen LogP contribution < -0.4 is 20.3 Å². The molecule has 0 aliphatic carbocycles. The van der Waals surface area contributed by atoms with Crippen LogP contribution in [0.1, 0.15) is 19.4 Å². The summed E-state index contributed by atoms with van der Waals surface area (Å²) in [5, 5.41) is 4.83. The van der Waals surface area contributed by atoms with Crippen LogP contribution in [0.3, 0.4) is 0 Å². The van der Waals surface area contributed by atoms with Crippen LogP contribution in [0.25, 0.3) is 0 Å². The highest BCUT2D eigenvalue weighted by atomic mass is 19.1. The van der Waals surface area contributed by atoms with E-state index in [4.69, 9.17) is 4.74 Å². The Morgan fingerprint density at radius 2 is 2.05 bits per heavy atom. The van der Waals surface area contributed by atoms with E-state index < -0.39 is 11.8 Å². The number of hydrogen-bond acceptors (Lipinski definition) is 3. The minimum absolute atomic E-state index is 0.0415. The fourth-order valence-corrected chi connectivity index (χ4v) is 1.97. The molecule has 0 fully saturated rings. The third-order valence-corrected chi connectivity index (χ3v) is 2.86. The van der Waals surface area contributed by atoms with Gasteiger partial charge in [-0.3, -0.25) is 10.1 Å². The average Bonchev–Trinajstić information content (AvgIpc) is 2.37. The van der Waals surface area contributed by atoms with Crippen molar-refractivity contribution in [3.8, 4) is 5.75 Å². The molecule has 1 rings (SSSR count). The predicted octanol–water partition coefficient (Wildman–Crippen LogP) is 0.0832. The van der Waals surface area contributed by atoms with Gasteiger partial charge in [-0.25, -0.2) is 9.18 Å². The molecule has 3 amide bonds. The first-order chi connectivity index (χ1) is 10.3.